The van der Waals surface area contributed by atoms with E-state index in [1.165, 1.54) is 4.90 Å². The number of benzene rings is 1. The number of rotatable bonds is 6. The molecular formula is C18H17F4N3O4S. The van der Waals surface area contributed by atoms with Crippen molar-refractivity contribution in [2.24, 2.45) is 17.8 Å². The Morgan fingerprint density at radius 1 is 1.23 bits per heavy atom. The van der Waals surface area contributed by atoms with Crippen molar-refractivity contribution in [2.45, 2.75) is 12.5 Å². The van der Waals surface area contributed by atoms with Gasteiger partial charge in [0.25, 0.3) is 6.43 Å². The van der Waals surface area contributed by atoms with Gasteiger partial charge in [-0.3, -0.25) is 9.69 Å². The van der Waals surface area contributed by atoms with Gasteiger partial charge in [-0.25, -0.2) is 22.4 Å². The van der Waals surface area contributed by atoms with Gasteiger partial charge in [0.2, 0.25) is 0 Å². The number of hydrogen-bond donors (Lipinski definition) is 2. The number of alkyl halides is 2. The summed E-state index contributed by atoms with van der Waals surface area (Å²) in [4.78, 5) is 24.9. The summed E-state index contributed by atoms with van der Waals surface area (Å²) in [6, 6.07) is 2.00. The molecule has 12 heteroatoms. The molecule has 2 unspecified atom stereocenters. The minimum absolute atomic E-state index is 0.0644. The van der Waals surface area contributed by atoms with Crippen molar-refractivity contribution in [2.75, 3.05) is 36.0 Å². The number of thiocarbonyl (C=S) groups is 1. The Bertz CT molecular complexity index is 882. The second kappa shape index (κ2) is 7.56. The van der Waals surface area contributed by atoms with Crippen LogP contribution in [0.2, 0.25) is 0 Å². The van der Waals surface area contributed by atoms with Crippen LogP contribution < -0.4 is 15.1 Å². The molecule has 0 bridgehead atoms. The van der Waals surface area contributed by atoms with Crippen LogP contribution in [0.5, 0.6) is 0 Å². The molecule has 1 aromatic carbocycles. The lowest BCUT2D eigenvalue weighted by Crippen LogP contribution is -2.36. The van der Waals surface area contributed by atoms with E-state index in [4.69, 9.17) is 9.84 Å². The Kier molecular flexibility index (Phi) is 5.20. The number of carbonyl (C=O) groups excluding carboxylic acids is 1. The molecule has 2 saturated heterocycles. The lowest BCUT2D eigenvalue weighted by atomic mass is 10.2. The van der Waals surface area contributed by atoms with Crippen molar-refractivity contribution in [1.82, 2.24) is 5.32 Å². The van der Waals surface area contributed by atoms with Gasteiger partial charge >= 0.3 is 12.1 Å². The van der Waals surface area contributed by atoms with Gasteiger partial charge in [-0.15, -0.1) is 0 Å². The number of carbonyl (C=O) groups is 2. The number of carboxylic acid groups (broad SMARTS) is 1. The second-order valence-corrected chi connectivity index (χ2v) is 7.96. The first-order chi connectivity index (χ1) is 14.2. The van der Waals surface area contributed by atoms with Crippen LogP contribution in [-0.2, 0) is 9.53 Å². The number of aliphatic carboxylic acids is 1. The molecule has 2 N–H and O–H groups in total. The zero-order valence-electron chi connectivity index (χ0n) is 15.4. The smallest absolute Gasteiger partial charge is 0.414 e. The molecule has 162 valence electrons. The van der Waals surface area contributed by atoms with Gasteiger partial charge in [0.05, 0.1) is 24.7 Å². The number of cyclic esters (lactones) is 1. The van der Waals surface area contributed by atoms with Crippen LogP contribution >= 0.6 is 12.2 Å². The lowest BCUT2D eigenvalue weighted by molar-refractivity contribution is -0.139. The quantitative estimate of drug-likeness (QED) is 0.511. The van der Waals surface area contributed by atoms with E-state index in [2.05, 4.69) is 17.5 Å². The second-order valence-electron chi connectivity index (χ2n) is 7.52. The summed E-state index contributed by atoms with van der Waals surface area (Å²) in [6.45, 7) is 0.247. The summed E-state index contributed by atoms with van der Waals surface area (Å²) in [5, 5.41) is 11.3. The van der Waals surface area contributed by atoms with E-state index in [1.54, 1.807) is 0 Å². The average molecular weight is 447 g/mol. The largest absolute Gasteiger partial charge is 0.481 e. The standard InChI is InChI=1S/C18H17F4N3O4S/c19-11-1-7(25-4-8(29-18(25)28)3-23-16(30)15(21)22)2-12(20)14(11)24-5-9-10(6-24)13(9)17(26)27/h1-2,8-10,13,15H,3-6H2,(H,23,30)(H,26,27)/t8-,9?,10?,13?/m0/s1. The first kappa shape index (κ1) is 20.6. The monoisotopic (exact) mass is 447 g/mol. The number of hydrogen-bond acceptors (Lipinski definition) is 5. The van der Waals surface area contributed by atoms with Gasteiger partial charge in [-0.2, -0.15) is 0 Å². The number of piperidine rings is 1. The summed E-state index contributed by atoms with van der Waals surface area (Å²) in [5.41, 5.74) is -0.325. The summed E-state index contributed by atoms with van der Waals surface area (Å²) >= 11 is 4.45. The molecule has 2 heterocycles. The van der Waals surface area contributed by atoms with E-state index in [0.717, 1.165) is 17.0 Å². The van der Waals surface area contributed by atoms with Crippen LogP contribution in [0.3, 0.4) is 0 Å². The molecule has 0 radical (unpaired) electrons. The molecule has 0 aromatic heterocycles. The van der Waals surface area contributed by atoms with Crippen molar-refractivity contribution in [3.63, 3.8) is 0 Å². The predicted octanol–water partition coefficient (Wildman–Crippen LogP) is 2.24. The Hall–Kier alpha value is -2.63. The number of carboxylic acids is 1. The van der Waals surface area contributed by atoms with E-state index < -0.39 is 47.1 Å². The van der Waals surface area contributed by atoms with E-state index in [0.29, 0.717) is 0 Å². The number of amides is 1. The van der Waals surface area contributed by atoms with Crippen LogP contribution in [-0.4, -0.2) is 60.9 Å². The first-order valence-corrected chi connectivity index (χ1v) is 9.59. The molecule has 7 nitrogen and oxygen atoms in total. The molecule has 1 aromatic rings. The van der Waals surface area contributed by atoms with Crippen LogP contribution in [0.15, 0.2) is 12.1 Å². The van der Waals surface area contributed by atoms with Gasteiger partial charge < -0.3 is 20.1 Å². The van der Waals surface area contributed by atoms with Crippen LogP contribution in [0.1, 0.15) is 0 Å². The number of nitrogens with one attached hydrogen (secondary N) is 1. The summed E-state index contributed by atoms with van der Waals surface area (Å²) in [6.07, 6.45) is -4.52. The van der Waals surface area contributed by atoms with Crippen LogP contribution in [0, 0.1) is 29.4 Å². The number of fused-ring (bicyclic) bond motifs is 1. The van der Waals surface area contributed by atoms with Crippen molar-refractivity contribution in [3.8, 4) is 0 Å². The number of ether oxygens (including phenoxy) is 1. The molecule has 3 aliphatic rings. The highest BCUT2D eigenvalue weighted by molar-refractivity contribution is 7.80. The van der Waals surface area contributed by atoms with Crippen molar-refractivity contribution < 1.29 is 37.0 Å². The van der Waals surface area contributed by atoms with E-state index >= 15 is 0 Å². The van der Waals surface area contributed by atoms with E-state index in [-0.39, 0.29) is 49.4 Å². The summed E-state index contributed by atoms with van der Waals surface area (Å²) in [5.74, 6) is -3.37. The third-order valence-electron chi connectivity index (χ3n) is 5.68. The number of halogens is 4. The van der Waals surface area contributed by atoms with E-state index in [1.807, 2.05) is 0 Å². The molecule has 4 rings (SSSR count). The Labute approximate surface area is 173 Å². The molecule has 2 aliphatic heterocycles. The van der Waals surface area contributed by atoms with Gasteiger partial charge in [0.1, 0.15) is 16.8 Å². The molecule has 1 aliphatic carbocycles. The zero-order chi connectivity index (χ0) is 21.7. The molecule has 0 spiro atoms. The maximum absolute atomic E-state index is 14.7. The average Bonchev–Trinajstić information content (AvgIpc) is 2.98. The highest BCUT2D eigenvalue weighted by Gasteiger charge is 2.60. The third-order valence-corrected chi connectivity index (χ3v) is 6.01. The highest BCUT2D eigenvalue weighted by atomic mass is 32.1. The van der Waals surface area contributed by atoms with Crippen molar-refractivity contribution in [1.29, 1.82) is 0 Å². The fraction of sp³-hybridized carbons (Fsp3) is 0.500. The Morgan fingerprint density at radius 3 is 2.37 bits per heavy atom. The van der Waals surface area contributed by atoms with Gasteiger partial charge in [0.15, 0.2) is 11.6 Å². The number of anilines is 2. The minimum Gasteiger partial charge on any atom is -0.481 e. The fourth-order valence-electron chi connectivity index (χ4n) is 4.22. The molecule has 1 saturated carbocycles. The van der Waals surface area contributed by atoms with Crippen molar-refractivity contribution >= 4 is 40.6 Å². The van der Waals surface area contributed by atoms with E-state index in [9.17, 15) is 27.2 Å². The highest BCUT2D eigenvalue weighted by Crippen LogP contribution is 2.53. The van der Waals surface area contributed by atoms with Gasteiger partial charge in [0, 0.05) is 25.2 Å². The lowest BCUT2D eigenvalue weighted by Gasteiger charge is -2.24. The van der Waals surface area contributed by atoms with Crippen LogP contribution in [0.25, 0.3) is 0 Å². The van der Waals surface area contributed by atoms with Crippen molar-refractivity contribution in [3.05, 3.63) is 23.8 Å². The SMILES string of the molecule is O=C(O)C1C2CN(c3c(F)cc(N4C[C@H](CNC(=S)C(F)F)OC4=O)cc3F)CC21. The molecule has 3 atom stereocenters. The Balaban J connectivity index is 1.43. The zero-order valence-corrected chi connectivity index (χ0v) is 16.2. The van der Waals surface area contributed by atoms with Gasteiger partial charge in [-0.05, 0) is 11.8 Å². The molecule has 1 amide bonds. The number of nitrogens with zero attached hydrogens (tertiary/aromatic N) is 2. The van der Waals surface area contributed by atoms with Gasteiger partial charge in [-0.1, -0.05) is 12.2 Å². The first-order valence-electron chi connectivity index (χ1n) is 9.18. The topological polar surface area (TPSA) is 82.1 Å². The summed E-state index contributed by atoms with van der Waals surface area (Å²) in [7, 11) is 0. The summed E-state index contributed by atoms with van der Waals surface area (Å²) < 4.78 is 59.3. The predicted molar refractivity (Wildman–Crippen MR) is 101 cm³/mol. The minimum atomic E-state index is -2.84. The van der Waals surface area contributed by atoms with Crippen LogP contribution in [0.4, 0.5) is 33.7 Å². The Morgan fingerprint density at radius 2 is 1.83 bits per heavy atom. The maximum atomic E-state index is 14.7. The molecular weight excluding hydrogens is 430 g/mol. The maximum Gasteiger partial charge on any atom is 0.414 e. The third kappa shape index (κ3) is 3.64. The normalized spacial score (nSPS) is 27.3. The molecule has 30 heavy (non-hydrogen) atoms. The molecule has 3 fully saturated rings. The fourth-order valence-corrected chi connectivity index (χ4v) is 4.30.